The predicted molar refractivity (Wildman–Crippen MR) is 127 cm³/mol. The summed E-state index contributed by atoms with van der Waals surface area (Å²) in [5.41, 5.74) is 3.52. The summed E-state index contributed by atoms with van der Waals surface area (Å²) in [6.07, 6.45) is 0. The second-order valence-corrected chi connectivity index (χ2v) is 8.06. The van der Waals surface area contributed by atoms with Crippen molar-refractivity contribution in [2.24, 2.45) is 0 Å². The van der Waals surface area contributed by atoms with E-state index in [1.165, 1.54) is 0 Å². The number of fused-ring (bicyclic) bond motifs is 5. The molecule has 5 nitrogen and oxygen atoms in total. The summed E-state index contributed by atoms with van der Waals surface area (Å²) in [6.45, 7) is 1.95. The summed E-state index contributed by atoms with van der Waals surface area (Å²) in [7, 11) is 0. The highest BCUT2D eigenvalue weighted by molar-refractivity contribution is 6.20. The highest BCUT2D eigenvalue weighted by Gasteiger charge is 2.21. The van der Waals surface area contributed by atoms with Crippen molar-refractivity contribution in [2.75, 3.05) is 0 Å². The normalized spacial score (nSPS) is 12.7. The lowest BCUT2D eigenvalue weighted by molar-refractivity contribution is 0.0935. The van der Waals surface area contributed by atoms with Crippen molar-refractivity contribution in [1.29, 1.82) is 0 Å². The molecule has 0 saturated heterocycles. The van der Waals surface area contributed by atoms with E-state index in [0.717, 1.165) is 32.8 Å². The van der Waals surface area contributed by atoms with E-state index >= 15 is 0 Å². The van der Waals surface area contributed by atoms with Gasteiger partial charge in [-0.1, -0.05) is 66.7 Å². The van der Waals surface area contributed by atoms with Crippen LogP contribution in [0.4, 0.5) is 0 Å². The largest absolute Gasteiger partial charge is 0.344 e. The van der Waals surface area contributed by atoms with Crippen molar-refractivity contribution < 1.29 is 4.79 Å². The van der Waals surface area contributed by atoms with Crippen LogP contribution in [0.15, 0.2) is 89.7 Å². The van der Waals surface area contributed by atoms with E-state index in [1.54, 1.807) is 10.5 Å². The molecule has 0 spiro atoms. The van der Waals surface area contributed by atoms with Crippen LogP contribution in [0.3, 0.4) is 0 Å². The smallest absolute Gasteiger partial charge is 0.270 e. The van der Waals surface area contributed by atoms with Gasteiger partial charge >= 0.3 is 0 Å². The Labute approximate surface area is 183 Å². The van der Waals surface area contributed by atoms with Gasteiger partial charge in [-0.25, -0.2) is 4.98 Å². The molecule has 1 N–H and O–H groups in total. The number of amides is 1. The van der Waals surface area contributed by atoms with Crippen LogP contribution in [0.25, 0.3) is 38.1 Å². The molecule has 154 valence electrons. The molecule has 6 aromatic rings. The van der Waals surface area contributed by atoms with Gasteiger partial charge in [0, 0.05) is 21.5 Å². The topological polar surface area (TPSA) is 63.5 Å². The minimum Gasteiger partial charge on any atom is -0.344 e. The zero-order chi connectivity index (χ0) is 21.8. The van der Waals surface area contributed by atoms with E-state index in [0.29, 0.717) is 16.6 Å². The van der Waals surface area contributed by atoms with Crippen molar-refractivity contribution in [3.05, 3.63) is 107 Å². The van der Waals surface area contributed by atoms with Gasteiger partial charge in [-0.3, -0.25) is 14.0 Å². The average molecular weight is 417 g/mol. The van der Waals surface area contributed by atoms with Crippen LogP contribution in [0, 0.1) is 0 Å². The van der Waals surface area contributed by atoms with Gasteiger partial charge in [-0.05, 0) is 30.7 Å². The molecule has 3 heterocycles. The number of hydrogen-bond acceptors (Lipinski definition) is 3. The summed E-state index contributed by atoms with van der Waals surface area (Å²) in [4.78, 5) is 31.3. The van der Waals surface area contributed by atoms with Crippen molar-refractivity contribution in [3.63, 3.8) is 0 Å². The second-order valence-electron chi connectivity index (χ2n) is 8.06. The van der Waals surface area contributed by atoms with Crippen LogP contribution in [0.2, 0.25) is 0 Å². The minimum atomic E-state index is -0.245. The lowest BCUT2D eigenvalue weighted by Gasteiger charge is -2.14. The van der Waals surface area contributed by atoms with E-state index in [-0.39, 0.29) is 17.5 Å². The van der Waals surface area contributed by atoms with Gasteiger partial charge in [0.2, 0.25) is 0 Å². The molecule has 0 fully saturated rings. The average Bonchev–Trinajstić information content (AvgIpc) is 3.18. The predicted octanol–water partition coefficient (Wildman–Crippen LogP) is 5.08. The number of rotatable bonds is 3. The lowest BCUT2D eigenvalue weighted by Crippen LogP contribution is -2.27. The first kappa shape index (κ1) is 18.5. The summed E-state index contributed by atoms with van der Waals surface area (Å²) in [6, 6.07) is 26.7. The maximum Gasteiger partial charge on any atom is 0.270 e. The van der Waals surface area contributed by atoms with E-state index in [1.807, 2.05) is 85.8 Å². The van der Waals surface area contributed by atoms with E-state index in [2.05, 4.69) is 5.32 Å². The van der Waals surface area contributed by atoms with Crippen LogP contribution in [-0.2, 0) is 0 Å². The number of benzene rings is 3. The molecule has 0 unspecified atom stereocenters. The molecule has 3 aromatic heterocycles. The second kappa shape index (κ2) is 6.89. The number of nitrogens with one attached hydrogen (secondary N) is 1. The summed E-state index contributed by atoms with van der Waals surface area (Å²) in [5, 5.41) is 6.18. The number of aromatic nitrogens is 2. The first-order valence-corrected chi connectivity index (χ1v) is 10.6. The maximum absolute atomic E-state index is 13.3. The molecule has 0 aliphatic carbocycles. The van der Waals surface area contributed by atoms with E-state index in [4.69, 9.17) is 4.98 Å². The Hall–Kier alpha value is -4.25. The number of para-hydroxylation sites is 1. The van der Waals surface area contributed by atoms with Gasteiger partial charge in [0.25, 0.3) is 11.5 Å². The van der Waals surface area contributed by atoms with Crippen LogP contribution in [0.5, 0.6) is 0 Å². The molecular weight excluding hydrogens is 398 g/mol. The minimum absolute atomic E-state index is 0.0731. The van der Waals surface area contributed by atoms with Crippen molar-refractivity contribution in [2.45, 2.75) is 13.0 Å². The summed E-state index contributed by atoms with van der Waals surface area (Å²) in [5.74, 6) is -0.245. The maximum atomic E-state index is 13.3. The number of hydrogen-bond donors (Lipinski definition) is 1. The quantitative estimate of drug-likeness (QED) is 0.408. The van der Waals surface area contributed by atoms with Crippen LogP contribution in [0.1, 0.15) is 29.0 Å². The molecular formula is C27H19N3O2. The van der Waals surface area contributed by atoms with Crippen molar-refractivity contribution >= 4 is 44.0 Å². The zero-order valence-corrected chi connectivity index (χ0v) is 17.4. The lowest BCUT2D eigenvalue weighted by atomic mass is 10.1. The standard InChI is InChI=1S/C27H19N3O2/c1-16(17-9-3-2-4-10-17)28-26(31)22-15-21-18-11-7-8-14-23(18)30-25(21)24(29-22)19-12-5-6-13-20(19)27(30)32/h2-16H,1H3,(H,28,31)/t16-/m1/s1. The first-order chi connectivity index (χ1) is 15.6. The molecule has 32 heavy (non-hydrogen) atoms. The third-order valence-corrected chi connectivity index (χ3v) is 6.15. The Morgan fingerprint density at radius 1 is 0.844 bits per heavy atom. The molecule has 3 aromatic carbocycles. The molecule has 6 rings (SSSR count). The van der Waals surface area contributed by atoms with Gasteiger partial charge in [0.15, 0.2) is 0 Å². The zero-order valence-electron chi connectivity index (χ0n) is 17.4. The molecule has 1 amide bonds. The fourth-order valence-corrected chi connectivity index (χ4v) is 4.59. The third-order valence-electron chi connectivity index (χ3n) is 6.15. The number of nitrogens with zero attached hydrogens (tertiary/aromatic N) is 2. The van der Waals surface area contributed by atoms with Crippen LogP contribution in [-0.4, -0.2) is 15.3 Å². The first-order valence-electron chi connectivity index (χ1n) is 10.6. The van der Waals surface area contributed by atoms with Gasteiger partial charge < -0.3 is 5.32 Å². The Bertz CT molecular complexity index is 1700. The Morgan fingerprint density at radius 2 is 1.50 bits per heavy atom. The molecule has 0 aliphatic rings. The molecule has 0 saturated carbocycles. The summed E-state index contributed by atoms with van der Waals surface area (Å²) >= 11 is 0. The fourth-order valence-electron chi connectivity index (χ4n) is 4.59. The van der Waals surface area contributed by atoms with Crippen LogP contribution < -0.4 is 10.9 Å². The third kappa shape index (κ3) is 2.61. The number of carbonyl (C=O) groups excluding carboxylic acids is 1. The van der Waals surface area contributed by atoms with Gasteiger partial charge in [-0.2, -0.15) is 0 Å². The number of pyridine rings is 2. The van der Waals surface area contributed by atoms with Crippen LogP contribution >= 0.6 is 0 Å². The molecule has 0 aliphatic heterocycles. The highest BCUT2D eigenvalue weighted by Crippen LogP contribution is 2.33. The molecule has 1 atom stereocenters. The van der Waals surface area contributed by atoms with Gasteiger partial charge in [0.05, 0.1) is 22.6 Å². The molecule has 5 heteroatoms. The molecule has 0 radical (unpaired) electrons. The van der Waals surface area contributed by atoms with E-state index in [9.17, 15) is 9.59 Å². The Balaban J connectivity index is 1.63. The van der Waals surface area contributed by atoms with Gasteiger partial charge in [0.1, 0.15) is 5.69 Å². The number of carbonyl (C=O) groups is 1. The SMILES string of the molecule is C[C@@H](NC(=O)c1cc2c3ccccc3n3c(=O)c4ccccc4c(n1)c23)c1ccccc1. The Morgan fingerprint density at radius 3 is 2.28 bits per heavy atom. The fraction of sp³-hybridized carbons (Fsp3) is 0.0741. The molecule has 0 bridgehead atoms. The van der Waals surface area contributed by atoms with Crippen molar-refractivity contribution in [3.8, 4) is 0 Å². The van der Waals surface area contributed by atoms with Crippen molar-refractivity contribution in [1.82, 2.24) is 14.7 Å². The monoisotopic (exact) mass is 417 g/mol. The highest BCUT2D eigenvalue weighted by atomic mass is 16.2. The van der Waals surface area contributed by atoms with E-state index < -0.39 is 0 Å². The van der Waals surface area contributed by atoms with Gasteiger partial charge in [-0.15, -0.1) is 0 Å². The Kier molecular flexibility index (Phi) is 3.98. The summed E-state index contributed by atoms with van der Waals surface area (Å²) < 4.78 is 1.73.